The Hall–Kier alpha value is -1.22. The van der Waals surface area contributed by atoms with Crippen molar-refractivity contribution in [2.45, 2.75) is 12.8 Å². The molecule has 0 atom stereocenters. The van der Waals surface area contributed by atoms with Gasteiger partial charge >= 0.3 is 0 Å². The van der Waals surface area contributed by atoms with E-state index in [1.165, 1.54) is 15.9 Å². The molecule has 3 rings (SSSR count). The molecule has 25 heavy (non-hydrogen) atoms. The SMILES string of the molecule is OCCCC[P+](c1ccccc1)(c1ccccc1)c1ccccc1.[I-]. The molecule has 1 N–H and O–H groups in total. The molecule has 0 amide bonds. The lowest BCUT2D eigenvalue weighted by molar-refractivity contribution is -0.00000583. The highest BCUT2D eigenvalue weighted by atomic mass is 127. The third-order valence-corrected chi connectivity index (χ3v) is 9.02. The lowest BCUT2D eigenvalue weighted by Gasteiger charge is -2.27. The van der Waals surface area contributed by atoms with Crippen LogP contribution in [0.5, 0.6) is 0 Å². The van der Waals surface area contributed by atoms with E-state index >= 15 is 0 Å². The maximum Gasteiger partial charge on any atom is 0.112 e. The van der Waals surface area contributed by atoms with Gasteiger partial charge in [0.25, 0.3) is 0 Å². The van der Waals surface area contributed by atoms with Crippen LogP contribution in [-0.2, 0) is 0 Å². The monoisotopic (exact) mass is 462 g/mol. The Bertz CT molecular complexity index is 635. The number of halogens is 1. The largest absolute Gasteiger partial charge is 1.00 e. The predicted octanol–water partition coefficient (Wildman–Crippen LogP) is 0.757. The number of benzene rings is 3. The summed E-state index contributed by atoms with van der Waals surface area (Å²) in [5.74, 6) is 0. The van der Waals surface area contributed by atoms with E-state index in [0.717, 1.165) is 19.0 Å². The van der Waals surface area contributed by atoms with Crippen molar-refractivity contribution < 1.29 is 29.1 Å². The third kappa shape index (κ3) is 4.49. The van der Waals surface area contributed by atoms with Crippen LogP contribution in [0, 0.1) is 0 Å². The Morgan fingerprint density at radius 3 is 1.24 bits per heavy atom. The lowest BCUT2D eigenvalue weighted by atomic mass is 10.3. The molecule has 0 saturated carbocycles. The molecule has 0 unspecified atom stereocenters. The second kappa shape index (κ2) is 10.1. The van der Waals surface area contributed by atoms with Crippen molar-refractivity contribution in [1.82, 2.24) is 0 Å². The summed E-state index contributed by atoms with van der Waals surface area (Å²) in [4.78, 5) is 0. The zero-order valence-corrected chi connectivity index (χ0v) is 17.3. The molecular weight excluding hydrogens is 438 g/mol. The molecule has 0 spiro atoms. The zero-order chi connectivity index (χ0) is 16.7. The summed E-state index contributed by atoms with van der Waals surface area (Å²) in [6.45, 7) is 0.262. The standard InChI is InChI=1S/C22H24OP.HI/c23-18-10-11-19-24(20-12-4-1-5-13-20,21-14-6-2-7-15-21)22-16-8-3-9-17-22;/h1-9,12-17,23H,10-11,18-19H2;1H/q+1;/p-1. The normalized spacial score (nSPS) is 10.9. The van der Waals surface area contributed by atoms with E-state index in [1.54, 1.807) is 0 Å². The molecule has 3 aromatic rings. The summed E-state index contributed by atoms with van der Waals surface area (Å²) in [6.07, 6.45) is 2.98. The average Bonchev–Trinajstić information content (AvgIpc) is 2.68. The van der Waals surface area contributed by atoms with Gasteiger partial charge in [0.1, 0.15) is 23.2 Å². The van der Waals surface area contributed by atoms with Crippen molar-refractivity contribution in [1.29, 1.82) is 0 Å². The van der Waals surface area contributed by atoms with Crippen LogP contribution in [0.1, 0.15) is 12.8 Å². The fraction of sp³-hybridized carbons (Fsp3) is 0.182. The van der Waals surface area contributed by atoms with E-state index in [4.69, 9.17) is 0 Å². The molecule has 0 heterocycles. The molecule has 0 fully saturated rings. The number of unbranched alkanes of at least 4 members (excludes halogenated alkanes) is 1. The minimum absolute atomic E-state index is 0. The molecule has 0 aromatic heterocycles. The fourth-order valence-electron chi connectivity index (χ4n) is 3.34. The van der Waals surface area contributed by atoms with Crippen LogP contribution in [-0.4, -0.2) is 17.9 Å². The topological polar surface area (TPSA) is 20.2 Å². The van der Waals surface area contributed by atoms with Gasteiger partial charge in [0.2, 0.25) is 0 Å². The Morgan fingerprint density at radius 2 is 0.920 bits per heavy atom. The molecule has 0 bridgehead atoms. The molecule has 0 aliphatic rings. The molecule has 0 radical (unpaired) electrons. The first-order valence-electron chi connectivity index (χ1n) is 8.54. The molecule has 3 aromatic carbocycles. The zero-order valence-electron chi connectivity index (χ0n) is 14.3. The quantitative estimate of drug-likeness (QED) is 0.313. The first-order valence-corrected chi connectivity index (χ1v) is 10.5. The number of aliphatic hydroxyl groups excluding tert-OH is 1. The second-order valence-corrected chi connectivity index (χ2v) is 9.59. The second-order valence-electron chi connectivity index (χ2n) is 5.97. The highest BCUT2D eigenvalue weighted by molar-refractivity contribution is 7.95. The van der Waals surface area contributed by atoms with E-state index in [-0.39, 0.29) is 30.6 Å². The Morgan fingerprint density at radius 1 is 0.560 bits per heavy atom. The summed E-state index contributed by atoms with van der Waals surface area (Å²) in [5, 5.41) is 13.5. The van der Waals surface area contributed by atoms with Crippen LogP contribution >= 0.6 is 7.26 Å². The number of aliphatic hydroxyl groups is 1. The first kappa shape index (κ1) is 20.1. The van der Waals surface area contributed by atoms with Gasteiger partial charge in [-0.3, -0.25) is 0 Å². The Labute approximate surface area is 168 Å². The number of hydrogen-bond donors (Lipinski definition) is 1. The van der Waals surface area contributed by atoms with Crippen molar-refractivity contribution in [3.8, 4) is 0 Å². The molecule has 0 saturated heterocycles. The van der Waals surface area contributed by atoms with Crippen molar-refractivity contribution >= 4 is 23.2 Å². The van der Waals surface area contributed by atoms with Crippen molar-refractivity contribution in [3.63, 3.8) is 0 Å². The molecule has 0 aliphatic heterocycles. The molecule has 3 heteroatoms. The van der Waals surface area contributed by atoms with Gasteiger partial charge in [0.05, 0.1) is 6.16 Å². The fourth-order valence-corrected chi connectivity index (χ4v) is 7.75. The van der Waals surface area contributed by atoms with Gasteiger partial charge in [-0.2, -0.15) is 0 Å². The summed E-state index contributed by atoms with van der Waals surface area (Å²) >= 11 is 0. The van der Waals surface area contributed by atoms with E-state index in [1.807, 2.05) is 0 Å². The Balaban J connectivity index is 0.00000225. The van der Waals surface area contributed by atoms with Gasteiger partial charge in [-0.1, -0.05) is 54.6 Å². The summed E-state index contributed by atoms with van der Waals surface area (Å²) in [7, 11) is -1.69. The van der Waals surface area contributed by atoms with Crippen molar-refractivity contribution in [2.24, 2.45) is 0 Å². The van der Waals surface area contributed by atoms with E-state index in [2.05, 4.69) is 91.0 Å². The molecule has 1 nitrogen and oxygen atoms in total. The third-order valence-electron chi connectivity index (χ3n) is 4.49. The van der Waals surface area contributed by atoms with Gasteiger partial charge in [0, 0.05) is 6.61 Å². The Kier molecular flexibility index (Phi) is 8.08. The highest BCUT2D eigenvalue weighted by Crippen LogP contribution is 2.55. The lowest BCUT2D eigenvalue weighted by Crippen LogP contribution is -3.00. The maximum atomic E-state index is 9.29. The molecule has 0 aliphatic carbocycles. The maximum absolute atomic E-state index is 9.29. The van der Waals surface area contributed by atoms with Crippen LogP contribution in [0.3, 0.4) is 0 Å². The minimum Gasteiger partial charge on any atom is -1.00 e. The van der Waals surface area contributed by atoms with E-state index in [0.29, 0.717) is 0 Å². The predicted molar refractivity (Wildman–Crippen MR) is 106 cm³/mol. The average molecular weight is 462 g/mol. The highest BCUT2D eigenvalue weighted by Gasteiger charge is 2.44. The van der Waals surface area contributed by atoms with Gasteiger partial charge in [-0.25, -0.2) is 0 Å². The number of rotatable bonds is 7. The number of hydrogen-bond acceptors (Lipinski definition) is 1. The van der Waals surface area contributed by atoms with Crippen LogP contribution < -0.4 is 39.9 Å². The summed E-state index contributed by atoms with van der Waals surface area (Å²) in [6, 6.07) is 32.7. The van der Waals surface area contributed by atoms with Crippen LogP contribution in [0.2, 0.25) is 0 Å². The van der Waals surface area contributed by atoms with E-state index < -0.39 is 7.26 Å². The molecule has 130 valence electrons. The first-order chi connectivity index (χ1) is 11.9. The summed E-state index contributed by atoms with van der Waals surface area (Å²) in [5.41, 5.74) is 0. The van der Waals surface area contributed by atoms with Crippen LogP contribution in [0.4, 0.5) is 0 Å². The van der Waals surface area contributed by atoms with Gasteiger partial charge < -0.3 is 29.1 Å². The minimum atomic E-state index is -1.69. The summed E-state index contributed by atoms with van der Waals surface area (Å²) < 4.78 is 0. The smallest absolute Gasteiger partial charge is 0.112 e. The van der Waals surface area contributed by atoms with Crippen LogP contribution in [0.15, 0.2) is 91.0 Å². The van der Waals surface area contributed by atoms with Crippen molar-refractivity contribution in [3.05, 3.63) is 91.0 Å². The molecular formula is C22H24IOP. The van der Waals surface area contributed by atoms with Crippen LogP contribution in [0.25, 0.3) is 0 Å². The van der Waals surface area contributed by atoms with Gasteiger partial charge in [0.15, 0.2) is 0 Å². The van der Waals surface area contributed by atoms with Gasteiger partial charge in [-0.15, -0.1) is 0 Å². The van der Waals surface area contributed by atoms with Crippen molar-refractivity contribution in [2.75, 3.05) is 12.8 Å². The van der Waals surface area contributed by atoms with Gasteiger partial charge in [-0.05, 0) is 49.2 Å². The van der Waals surface area contributed by atoms with E-state index in [9.17, 15) is 5.11 Å².